The molecule has 0 aromatic heterocycles. The van der Waals surface area contributed by atoms with Crippen LogP contribution in [0, 0.1) is 5.41 Å². The maximum absolute atomic E-state index is 13.2. The van der Waals surface area contributed by atoms with Crippen molar-refractivity contribution in [1.82, 2.24) is 0 Å². The molecular formula is C9H14F4O2. The first-order valence-electron chi connectivity index (χ1n) is 4.41. The van der Waals surface area contributed by atoms with Crippen LogP contribution >= 0.6 is 0 Å². The van der Waals surface area contributed by atoms with Gasteiger partial charge >= 0.3 is 17.8 Å². The van der Waals surface area contributed by atoms with Crippen LogP contribution in [0.4, 0.5) is 17.6 Å². The van der Waals surface area contributed by atoms with Crippen LogP contribution in [0.25, 0.3) is 0 Å². The van der Waals surface area contributed by atoms with Gasteiger partial charge in [-0.15, -0.1) is 0 Å². The number of alkyl halides is 4. The summed E-state index contributed by atoms with van der Waals surface area (Å²) in [6, 6.07) is 0. The summed E-state index contributed by atoms with van der Waals surface area (Å²) in [6.45, 7) is 2.84. The molecule has 0 aliphatic carbocycles. The smallest absolute Gasteiger partial charge is 0.325 e. The van der Waals surface area contributed by atoms with E-state index in [4.69, 9.17) is 0 Å². The monoisotopic (exact) mass is 230 g/mol. The van der Waals surface area contributed by atoms with Crippen molar-refractivity contribution in [2.75, 3.05) is 6.61 Å². The average Bonchev–Trinajstić information content (AvgIpc) is 2.02. The lowest BCUT2D eigenvalue weighted by molar-refractivity contribution is -0.255. The predicted molar refractivity (Wildman–Crippen MR) is 46.0 cm³/mol. The van der Waals surface area contributed by atoms with Gasteiger partial charge in [0.25, 0.3) is 0 Å². The molecule has 15 heavy (non-hydrogen) atoms. The number of carbonyl (C=O) groups is 1. The Labute approximate surface area is 85.6 Å². The zero-order valence-corrected chi connectivity index (χ0v) is 9.04. The van der Waals surface area contributed by atoms with Gasteiger partial charge in [0.2, 0.25) is 0 Å². The SMILES string of the molecule is CCOC(=O)C(C)(C)C(F)(F)C(C)(F)F. The minimum absolute atomic E-state index is 0.0774. The number of rotatable bonds is 4. The van der Waals surface area contributed by atoms with Crippen LogP contribution in [0.2, 0.25) is 0 Å². The molecule has 0 saturated carbocycles. The second-order valence-corrected chi connectivity index (χ2v) is 3.81. The second kappa shape index (κ2) is 3.98. The Hall–Kier alpha value is -0.810. The van der Waals surface area contributed by atoms with E-state index in [1.807, 2.05) is 0 Å². The molecule has 90 valence electrons. The molecule has 0 aromatic rings. The van der Waals surface area contributed by atoms with E-state index in [0.717, 1.165) is 13.8 Å². The highest BCUT2D eigenvalue weighted by atomic mass is 19.3. The van der Waals surface area contributed by atoms with E-state index in [1.54, 1.807) is 0 Å². The highest BCUT2D eigenvalue weighted by Gasteiger charge is 2.65. The molecule has 0 unspecified atom stereocenters. The van der Waals surface area contributed by atoms with E-state index in [-0.39, 0.29) is 13.5 Å². The van der Waals surface area contributed by atoms with Gasteiger partial charge < -0.3 is 4.74 Å². The minimum Gasteiger partial charge on any atom is -0.465 e. The van der Waals surface area contributed by atoms with Crippen molar-refractivity contribution in [3.05, 3.63) is 0 Å². The number of hydrogen-bond acceptors (Lipinski definition) is 2. The van der Waals surface area contributed by atoms with Crippen molar-refractivity contribution >= 4 is 5.97 Å². The number of hydrogen-bond donors (Lipinski definition) is 0. The molecular weight excluding hydrogens is 216 g/mol. The summed E-state index contributed by atoms with van der Waals surface area (Å²) in [4.78, 5) is 11.1. The molecule has 0 rings (SSSR count). The fourth-order valence-corrected chi connectivity index (χ4v) is 0.988. The molecule has 0 fully saturated rings. The zero-order chi connectivity index (χ0) is 12.5. The van der Waals surface area contributed by atoms with Crippen LogP contribution < -0.4 is 0 Å². The van der Waals surface area contributed by atoms with Crippen molar-refractivity contribution < 1.29 is 27.1 Å². The Bertz CT molecular complexity index is 243. The second-order valence-electron chi connectivity index (χ2n) is 3.81. The maximum atomic E-state index is 13.2. The average molecular weight is 230 g/mol. The number of ether oxygens (including phenoxy) is 1. The standard InChI is InChI=1S/C9H14F4O2/c1-5-15-6(14)7(2,3)9(12,13)8(4,10)11/h5H2,1-4H3. The van der Waals surface area contributed by atoms with Gasteiger partial charge in [0.15, 0.2) is 0 Å². The summed E-state index contributed by atoms with van der Waals surface area (Å²) in [5.74, 6) is -10.1. The molecule has 0 aliphatic rings. The van der Waals surface area contributed by atoms with Gasteiger partial charge in [-0.3, -0.25) is 4.79 Å². The lowest BCUT2D eigenvalue weighted by atomic mass is 9.82. The van der Waals surface area contributed by atoms with Gasteiger partial charge in [0.1, 0.15) is 5.41 Å². The van der Waals surface area contributed by atoms with Crippen molar-refractivity contribution in [2.24, 2.45) is 5.41 Å². The fourth-order valence-electron chi connectivity index (χ4n) is 0.988. The molecule has 0 amide bonds. The summed E-state index contributed by atoms with van der Waals surface area (Å²) in [7, 11) is 0. The van der Waals surface area contributed by atoms with Gasteiger partial charge in [-0.1, -0.05) is 0 Å². The molecule has 0 aliphatic heterocycles. The van der Waals surface area contributed by atoms with Crippen LogP contribution in [0.5, 0.6) is 0 Å². The van der Waals surface area contributed by atoms with Crippen LogP contribution in [-0.4, -0.2) is 24.4 Å². The molecule has 0 spiro atoms. The van der Waals surface area contributed by atoms with Crippen LogP contribution in [0.15, 0.2) is 0 Å². The normalized spacial score (nSPS) is 13.9. The Morgan fingerprint density at radius 3 is 1.80 bits per heavy atom. The van der Waals surface area contributed by atoms with E-state index in [2.05, 4.69) is 4.74 Å². The summed E-state index contributed by atoms with van der Waals surface area (Å²) in [5.41, 5.74) is -2.55. The summed E-state index contributed by atoms with van der Waals surface area (Å²) >= 11 is 0. The van der Waals surface area contributed by atoms with Crippen molar-refractivity contribution in [3.63, 3.8) is 0 Å². The highest BCUT2D eigenvalue weighted by Crippen LogP contribution is 2.47. The molecule has 0 N–H and O–H groups in total. The molecule has 2 nitrogen and oxygen atoms in total. The molecule has 0 heterocycles. The van der Waals surface area contributed by atoms with Crippen molar-refractivity contribution in [2.45, 2.75) is 39.5 Å². The molecule has 0 atom stereocenters. The zero-order valence-electron chi connectivity index (χ0n) is 9.04. The lowest BCUT2D eigenvalue weighted by Gasteiger charge is -2.35. The number of esters is 1. The van der Waals surface area contributed by atoms with Gasteiger partial charge in [-0.05, 0) is 20.8 Å². The Morgan fingerprint density at radius 2 is 1.53 bits per heavy atom. The van der Waals surface area contributed by atoms with E-state index in [1.165, 1.54) is 6.92 Å². The Balaban J connectivity index is 5.10. The van der Waals surface area contributed by atoms with E-state index in [0.29, 0.717) is 0 Å². The third-order valence-electron chi connectivity index (χ3n) is 2.12. The first kappa shape index (κ1) is 14.2. The molecule has 6 heteroatoms. The van der Waals surface area contributed by atoms with E-state index in [9.17, 15) is 22.4 Å². The van der Waals surface area contributed by atoms with Crippen LogP contribution in [0.1, 0.15) is 27.7 Å². The molecule has 0 radical (unpaired) electrons. The predicted octanol–water partition coefficient (Wildman–Crippen LogP) is 2.87. The third-order valence-corrected chi connectivity index (χ3v) is 2.12. The van der Waals surface area contributed by atoms with E-state index < -0.39 is 23.2 Å². The third kappa shape index (κ3) is 2.41. The highest BCUT2D eigenvalue weighted by molar-refractivity contribution is 5.77. The van der Waals surface area contributed by atoms with Gasteiger partial charge in [0, 0.05) is 6.92 Å². The molecule has 0 aromatic carbocycles. The Kier molecular flexibility index (Phi) is 3.77. The first-order chi connectivity index (χ1) is 6.48. The van der Waals surface area contributed by atoms with Gasteiger partial charge in [0.05, 0.1) is 6.61 Å². The minimum atomic E-state index is -4.45. The van der Waals surface area contributed by atoms with E-state index >= 15 is 0 Å². The Morgan fingerprint density at radius 1 is 1.13 bits per heavy atom. The molecule has 0 bridgehead atoms. The van der Waals surface area contributed by atoms with Crippen molar-refractivity contribution in [3.8, 4) is 0 Å². The summed E-state index contributed by atoms with van der Waals surface area (Å²) < 4.78 is 56.1. The maximum Gasteiger partial charge on any atom is 0.325 e. The summed E-state index contributed by atoms with van der Waals surface area (Å²) in [6.07, 6.45) is 0. The van der Waals surface area contributed by atoms with Crippen LogP contribution in [0.3, 0.4) is 0 Å². The van der Waals surface area contributed by atoms with Gasteiger partial charge in [-0.25, -0.2) is 8.78 Å². The first-order valence-corrected chi connectivity index (χ1v) is 4.41. The lowest BCUT2D eigenvalue weighted by Crippen LogP contribution is -2.54. The van der Waals surface area contributed by atoms with Crippen molar-refractivity contribution in [1.29, 1.82) is 0 Å². The van der Waals surface area contributed by atoms with Crippen LogP contribution in [-0.2, 0) is 9.53 Å². The quantitative estimate of drug-likeness (QED) is 0.548. The van der Waals surface area contributed by atoms with Gasteiger partial charge in [-0.2, -0.15) is 8.78 Å². The molecule has 0 saturated heterocycles. The largest absolute Gasteiger partial charge is 0.465 e. The number of carbonyl (C=O) groups excluding carboxylic acids is 1. The fraction of sp³-hybridized carbons (Fsp3) is 0.889. The number of halogens is 4. The topological polar surface area (TPSA) is 26.3 Å². The summed E-state index contributed by atoms with van der Waals surface area (Å²) in [5, 5.41) is 0.